The molecule has 1 aliphatic heterocycles. The van der Waals surface area contributed by atoms with Crippen LogP contribution in [-0.4, -0.2) is 42.0 Å². The fraction of sp³-hybridized carbons (Fsp3) is 0.316. The van der Waals surface area contributed by atoms with Gasteiger partial charge in [0.25, 0.3) is 0 Å². The number of ketones is 1. The lowest BCUT2D eigenvalue weighted by Crippen LogP contribution is -2.41. The molecule has 0 spiro atoms. The Morgan fingerprint density at radius 2 is 1.88 bits per heavy atom. The van der Waals surface area contributed by atoms with E-state index in [1.165, 1.54) is 6.92 Å². The van der Waals surface area contributed by atoms with Crippen LogP contribution >= 0.6 is 11.3 Å². The van der Waals surface area contributed by atoms with Crippen molar-refractivity contribution in [2.24, 2.45) is 4.99 Å². The quantitative estimate of drug-likeness (QED) is 0.428. The molecule has 0 saturated carbocycles. The summed E-state index contributed by atoms with van der Waals surface area (Å²) in [5.41, 5.74) is 0.0911. The van der Waals surface area contributed by atoms with E-state index in [1.54, 1.807) is 0 Å². The zero-order chi connectivity index (χ0) is 24.0. The maximum Gasteiger partial charge on any atom is 0.499 e. The molecule has 1 aliphatic carbocycles. The Labute approximate surface area is 180 Å². The minimum atomic E-state index is -5.96. The second-order valence-corrected chi connectivity index (χ2v) is 7.68. The zero-order valence-electron chi connectivity index (χ0n) is 16.3. The van der Waals surface area contributed by atoms with Crippen LogP contribution in [0.25, 0.3) is 0 Å². The molecule has 1 aromatic heterocycles. The molecule has 1 aromatic rings. The molecule has 2 heterocycles. The standard InChI is InChI=1S/C19H13F6NO5S/c1-7-8(6-12(27)28)14-10(26-7)5-9(17(30-2)15(14)20)16(29)11-3-4-13(32-11)31-19(24,25)18(21,22)23/h3-4H,5-6H2,1-2H3,(H,27,28). The van der Waals surface area contributed by atoms with E-state index in [2.05, 4.69) is 9.73 Å². The smallest absolute Gasteiger partial charge is 0.493 e. The number of fused-ring (bicyclic) bond motifs is 1. The Balaban J connectivity index is 1.95. The molecule has 6 nitrogen and oxygen atoms in total. The van der Waals surface area contributed by atoms with Crippen LogP contribution < -0.4 is 4.74 Å². The number of hydrogen-bond acceptors (Lipinski definition) is 6. The van der Waals surface area contributed by atoms with E-state index in [4.69, 9.17) is 9.84 Å². The number of thiophene rings is 1. The summed E-state index contributed by atoms with van der Waals surface area (Å²) in [7, 11) is 1.07. The molecule has 0 radical (unpaired) electrons. The lowest BCUT2D eigenvalue weighted by Gasteiger charge is -2.20. The summed E-state index contributed by atoms with van der Waals surface area (Å²) in [5, 5.41) is 8.18. The van der Waals surface area contributed by atoms with Gasteiger partial charge in [-0.25, -0.2) is 4.39 Å². The molecule has 0 saturated heterocycles. The van der Waals surface area contributed by atoms with Gasteiger partial charge in [0.2, 0.25) is 5.78 Å². The number of aliphatic carboxylic acids is 1. The molecule has 0 atom stereocenters. The predicted octanol–water partition coefficient (Wildman–Crippen LogP) is 5.20. The Morgan fingerprint density at radius 3 is 2.44 bits per heavy atom. The average Bonchev–Trinajstić information content (AvgIpc) is 3.24. The number of ether oxygens (including phenoxy) is 2. The van der Waals surface area contributed by atoms with Gasteiger partial charge < -0.3 is 14.6 Å². The number of halogens is 6. The van der Waals surface area contributed by atoms with Crippen molar-refractivity contribution in [3.8, 4) is 5.06 Å². The van der Waals surface area contributed by atoms with Gasteiger partial charge in [-0.1, -0.05) is 11.3 Å². The van der Waals surface area contributed by atoms with E-state index in [9.17, 15) is 31.5 Å². The molecule has 2 aliphatic rings. The fourth-order valence-corrected chi connectivity index (χ4v) is 4.01. The van der Waals surface area contributed by atoms with E-state index in [1.807, 2.05) is 0 Å². The number of rotatable bonds is 7. The lowest BCUT2D eigenvalue weighted by atomic mass is 9.87. The van der Waals surface area contributed by atoms with Gasteiger partial charge in [0, 0.05) is 17.7 Å². The van der Waals surface area contributed by atoms with Gasteiger partial charge in [-0.3, -0.25) is 14.6 Å². The Kier molecular flexibility index (Phi) is 5.98. The first-order valence-corrected chi connectivity index (χ1v) is 9.53. The largest absolute Gasteiger partial charge is 0.499 e. The van der Waals surface area contributed by atoms with Crippen LogP contribution in [0.5, 0.6) is 5.06 Å². The normalized spacial score (nSPS) is 16.9. The third kappa shape index (κ3) is 4.16. The molecule has 32 heavy (non-hydrogen) atoms. The maximum atomic E-state index is 15.2. The Morgan fingerprint density at radius 1 is 1.22 bits per heavy atom. The predicted molar refractivity (Wildman–Crippen MR) is 99.5 cm³/mol. The van der Waals surface area contributed by atoms with Crippen molar-refractivity contribution in [2.75, 3.05) is 7.11 Å². The van der Waals surface area contributed by atoms with Gasteiger partial charge in [-0.15, -0.1) is 0 Å². The highest BCUT2D eigenvalue weighted by atomic mass is 32.1. The van der Waals surface area contributed by atoms with Crippen LogP contribution in [-0.2, 0) is 9.53 Å². The van der Waals surface area contributed by atoms with Crippen molar-refractivity contribution in [2.45, 2.75) is 32.1 Å². The van der Waals surface area contributed by atoms with Gasteiger partial charge in [-0.2, -0.15) is 22.0 Å². The molecule has 0 unspecified atom stereocenters. The first-order chi connectivity index (χ1) is 14.8. The van der Waals surface area contributed by atoms with Crippen molar-refractivity contribution in [3.05, 3.63) is 51.0 Å². The first-order valence-electron chi connectivity index (χ1n) is 8.72. The number of allylic oxidation sites excluding steroid dienone is 4. The Bertz CT molecular complexity index is 1130. The van der Waals surface area contributed by atoms with E-state index in [-0.39, 0.29) is 50.8 Å². The minimum Gasteiger partial charge on any atom is -0.493 e. The number of carboxylic acids is 1. The molecule has 0 aromatic carbocycles. The topological polar surface area (TPSA) is 85.2 Å². The first kappa shape index (κ1) is 23.6. The number of carboxylic acid groups (broad SMARTS) is 1. The maximum absolute atomic E-state index is 15.2. The van der Waals surface area contributed by atoms with E-state index < -0.39 is 47.1 Å². The van der Waals surface area contributed by atoms with Gasteiger partial charge in [0.15, 0.2) is 16.6 Å². The summed E-state index contributed by atoms with van der Waals surface area (Å²) in [4.78, 5) is 27.8. The van der Waals surface area contributed by atoms with E-state index >= 15 is 4.39 Å². The van der Waals surface area contributed by atoms with Crippen molar-refractivity contribution < 1.29 is 50.5 Å². The number of Topliss-reactive ketones (excluding diaryl/α,β-unsaturated/α-hetero) is 1. The molecular formula is C19H13F6NO5S. The SMILES string of the molecule is COC1=C(C(=O)c2ccc(OC(F)(F)C(F)(F)F)s2)CC2=NC(C)=C(CC(=O)O)C2=C1F. The van der Waals surface area contributed by atoms with Crippen LogP contribution in [0, 0.1) is 0 Å². The summed E-state index contributed by atoms with van der Waals surface area (Å²) < 4.78 is 87.0. The molecule has 0 bridgehead atoms. The summed E-state index contributed by atoms with van der Waals surface area (Å²) >= 11 is 0.218. The second-order valence-electron chi connectivity index (χ2n) is 6.63. The van der Waals surface area contributed by atoms with E-state index in [0.29, 0.717) is 0 Å². The van der Waals surface area contributed by atoms with Crippen molar-refractivity contribution >= 4 is 28.8 Å². The van der Waals surface area contributed by atoms with Crippen LogP contribution in [0.1, 0.15) is 29.4 Å². The van der Waals surface area contributed by atoms with Crippen LogP contribution in [0.4, 0.5) is 26.3 Å². The third-order valence-electron chi connectivity index (χ3n) is 4.54. The number of alkyl halides is 5. The average molecular weight is 481 g/mol. The summed E-state index contributed by atoms with van der Waals surface area (Å²) in [6.45, 7) is 1.47. The van der Waals surface area contributed by atoms with E-state index in [0.717, 1.165) is 19.2 Å². The van der Waals surface area contributed by atoms with Gasteiger partial charge >= 0.3 is 18.3 Å². The number of carbonyl (C=O) groups is 2. The van der Waals surface area contributed by atoms with Crippen molar-refractivity contribution in [1.29, 1.82) is 0 Å². The van der Waals surface area contributed by atoms with Gasteiger partial charge in [-0.05, 0) is 24.6 Å². The highest BCUT2D eigenvalue weighted by molar-refractivity contribution is 7.16. The highest BCUT2D eigenvalue weighted by Crippen LogP contribution is 2.43. The number of carbonyl (C=O) groups excluding carboxylic acids is 1. The molecular weight excluding hydrogens is 468 g/mol. The van der Waals surface area contributed by atoms with Crippen LogP contribution in [0.2, 0.25) is 0 Å². The molecule has 1 N–H and O–H groups in total. The Hall–Kier alpha value is -3.09. The summed E-state index contributed by atoms with van der Waals surface area (Å²) in [5.74, 6) is -3.63. The number of hydrogen-bond donors (Lipinski definition) is 1. The zero-order valence-corrected chi connectivity index (χ0v) is 17.1. The molecule has 3 rings (SSSR count). The van der Waals surface area contributed by atoms with Crippen molar-refractivity contribution in [3.63, 3.8) is 0 Å². The number of aliphatic imine (C=N–C) groups is 1. The van der Waals surface area contributed by atoms with Gasteiger partial charge in [0.1, 0.15) is 0 Å². The second kappa shape index (κ2) is 8.11. The summed E-state index contributed by atoms with van der Waals surface area (Å²) in [6.07, 6.45) is -12.2. The number of methoxy groups -OCH3 is 1. The third-order valence-corrected chi connectivity index (χ3v) is 5.50. The van der Waals surface area contributed by atoms with Crippen LogP contribution in [0.3, 0.4) is 0 Å². The molecule has 172 valence electrons. The number of nitrogens with zero attached hydrogens (tertiary/aromatic N) is 1. The minimum absolute atomic E-state index is 0.0806. The highest BCUT2D eigenvalue weighted by Gasteiger charge is 2.61. The van der Waals surface area contributed by atoms with Crippen molar-refractivity contribution in [1.82, 2.24) is 0 Å². The molecule has 0 fully saturated rings. The molecule has 0 amide bonds. The summed E-state index contributed by atoms with van der Waals surface area (Å²) in [6, 6.07) is 1.72. The monoisotopic (exact) mass is 481 g/mol. The fourth-order valence-electron chi connectivity index (χ4n) is 3.16. The molecule has 13 heteroatoms. The van der Waals surface area contributed by atoms with Crippen LogP contribution in [0.15, 0.2) is 51.1 Å². The van der Waals surface area contributed by atoms with Gasteiger partial charge in [0.05, 0.1) is 29.7 Å². The lowest BCUT2D eigenvalue weighted by molar-refractivity contribution is -0.359.